The highest BCUT2D eigenvalue weighted by Crippen LogP contribution is 2.31. The van der Waals surface area contributed by atoms with E-state index < -0.39 is 6.04 Å². The number of rotatable bonds is 3. The van der Waals surface area contributed by atoms with Gasteiger partial charge in [0.25, 0.3) is 5.91 Å². The summed E-state index contributed by atoms with van der Waals surface area (Å²) in [6, 6.07) is 4.42. The summed E-state index contributed by atoms with van der Waals surface area (Å²) in [6.07, 6.45) is 2.43. The molecule has 2 unspecified atom stereocenters. The number of nitrogens with zero attached hydrogens (tertiary/aromatic N) is 2. The molecular weight excluding hydrogens is 397 g/mol. The van der Waals surface area contributed by atoms with E-state index in [9.17, 15) is 9.59 Å². The molecule has 8 heteroatoms. The Labute approximate surface area is 170 Å². The first-order valence-electron chi connectivity index (χ1n) is 8.59. The Hall–Kier alpha value is -1.01. The summed E-state index contributed by atoms with van der Waals surface area (Å²) in [5.74, 6) is -0.140. The van der Waals surface area contributed by atoms with Gasteiger partial charge in [-0.25, -0.2) is 0 Å². The summed E-state index contributed by atoms with van der Waals surface area (Å²) >= 11 is 11.9. The lowest BCUT2D eigenvalue weighted by Gasteiger charge is -2.29. The lowest BCUT2D eigenvalue weighted by molar-refractivity contribution is -0.134. The fourth-order valence-corrected chi connectivity index (χ4v) is 3.95. The van der Waals surface area contributed by atoms with Gasteiger partial charge in [-0.05, 0) is 49.4 Å². The fourth-order valence-electron chi connectivity index (χ4n) is 3.65. The average Bonchev–Trinajstić information content (AvgIpc) is 3.23. The topological polar surface area (TPSA) is 66.6 Å². The number of likely N-dealkylation sites (tertiary alicyclic amines) is 2. The highest BCUT2D eigenvalue weighted by Gasteiger charge is 2.41. The number of carbonyl (C=O) groups is 2. The summed E-state index contributed by atoms with van der Waals surface area (Å²) in [5, 5.41) is 0.748. The molecule has 0 spiro atoms. The van der Waals surface area contributed by atoms with Crippen molar-refractivity contribution in [2.24, 2.45) is 11.1 Å². The van der Waals surface area contributed by atoms with Crippen LogP contribution in [0, 0.1) is 5.41 Å². The van der Waals surface area contributed by atoms with E-state index in [-0.39, 0.29) is 29.6 Å². The maximum atomic E-state index is 13.0. The molecule has 144 valence electrons. The number of hydrogen-bond acceptors (Lipinski definition) is 3. The van der Waals surface area contributed by atoms with Gasteiger partial charge in [-0.1, -0.05) is 30.1 Å². The molecule has 5 nitrogen and oxygen atoms in total. The second kappa shape index (κ2) is 8.34. The highest BCUT2D eigenvalue weighted by atomic mass is 35.5. The summed E-state index contributed by atoms with van der Waals surface area (Å²) < 4.78 is 0. The highest BCUT2D eigenvalue weighted by molar-refractivity contribution is 6.42. The molecule has 0 bridgehead atoms. The van der Waals surface area contributed by atoms with Crippen molar-refractivity contribution in [2.75, 3.05) is 26.2 Å². The summed E-state index contributed by atoms with van der Waals surface area (Å²) in [4.78, 5) is 29.3. The Morgan fingerprint density at radius 1 is 1.27 bits per heavy atom. The van der Waals surface area contributed by atoms with Gasteiger partial charge in [0.15, 0.2) is 0 Å². The maximum absolute atomic E-state index is 13.0. The number of halogens is 3. The number of nitrogens with two attached hydrogens (primary N) is 1. The van der Waals surface area contributed by atoms with Crippen LogP contribution in [0.2, 0.25) is 10.0 Å². The Kier molecular flexibility index (Phi) is 6.83. The summed E-state index contributed by atoms with van der Waals surface area (Å²) in [5.41, 5.74) is 6.28. The smallest absolute Gasteiger partial charge is 0.254 e. The van der Waals surface area contributed by atoms with Gasteiger partial charge in [0.2, 0.25) is 5.91 Å². The Balaban J connectivity index is 0.00000243. The minimum atomic E-state index is -0.401. The van der Waals surface area contributed by atoms with Crippen LogP contribution in [0.15, 0.2) is 18.2 Å². The Morgan fingerprint density at radius 2 is 2.00 bits per heavy atom. The number of carbonyl (C=O) groups excluding carboxylic acids is 2. The van der Waals surface area contributed by atoms with Gasteiger partial charge in [0.05, 0.1) is 10.0 Å². The van der Waals surface area contributed by atoms with Crippen molar-refractivity contribution in [3.63, 3.8) is 0 Å². The normalized spacial score (nSPS) is 25.3. The minimum absolute atomic E-state index is 0. The molecular formula is C18H24Cl3N3O2. The predicted octanol–water partition coefficient (Wildman–Crippen LogP) is 3.22. The molecule has 0 aromatic heterocycles. The van der Waals surface area contributed by atoms with E-state index in [4.69, 9.17) is 28.9 Å². The average molecular weight is 421 g/mol. The molecule has 2 heterocycles. The zero-order valence-electron chi connectivity index (χ0n) is 14.7. The predicted molar refractivity (Wildman–Crippen MR) is 106 cm³/mol. The molecule has 2 saturated heterocycles. The summed E-state index contributed by atoms with van der Waals surface area (Å²) in [7, 11) is 0. The molecule has 2 aliphatic heterocycles. The van der Waals surface area contributed by atoms with Gasteiger partial charge in [0, 0.05) is 25.2 Å². The van der Waals surface area contributed by atoms with Crippen LogP contribution in [0.5, 0.6) is 0 Å². The zero-order chi connectivity index (χ0) is 18.2. The lowest BCUT2D eigenvalue weighted by Crippen LogP contribution is -2.47. The first-order chi connectivity index (χ1) is 11.8. The third kappa shape index (κ3) is 4.11. The van der Waals surface area contributed by atoms with Crippen molar-refractivity contribution in [2.45, 2.75) is 32.2 Å². The molecule has 0 saturated carbocycles. The van der Waals surface area contributed by atoms with Crippen molar-refractivity contribution in [3.8, 4) is 0 Å². The van der Waals surface area contributed by atoms with Crippen LogP contribution in [0.4, 0.5) is 0 Å². The maximum Gasteiger partial charge on any atom is 0.254 e. The molecule has 3 rings (SSSR count). The third-order valence-corrected chi connectivity index (χ3v) is 6.07. The second-order valence-corrected chi connectivity index (χ2v) is 8.12. The summed E-state index contributed by atoms with van der Waals surface area (Å²) in [6.45, 7) is 4.61. The second-order valence-electron chi connectivity index (χ2n) is 7.31. The fraction of sp³-hybridized carbons (Fsp3) is 0.556. The van der Waals surface area contributed by atoms with Crippen LogP contribution in [-0.4, -0.2) is 53.8 Å². The van der Waals surface area contributed by atoms with E-state index in [0.717, 1.165) is 12.8 Å². The van der Waals surface area contributed by atoms with Gasteiger partial charge in [0.1, 0.15) is 6.04 Å². The quantitative estimate of drug-likeness (QED) is 0.816. The van der Waals surface area contributed by atoms with Gasteiger partial charge >= 0.3 is 0 Å². The zero-order valence-corrected chi connectivity index (χ0v) is 17.0. The minimum Gasteiger partial charge on any atom is -0.340 e. The largest absolute Gasteiger partial charge is 0.340 e. The molecule has 2 amide bonds. The molecule has 2 aliphatic rings. The number of benzene rings is 1. The van der Waals surface area contributed by atoms with Crippen LogP contribution in [0.1, 0.15) is 36.5 Å². The molecule has 0 aliphatic carbocycles. The third-order valence-electron chi connectivity index (χ3n) is 5.33. The van der Waals surface area contributed by atoms with Crippen molar-refractivity contribution >= 4 is 47.4 Å². The Bertz CT molecular complexity index is 700. The number of hydrogen-bond donors (Lipinski definition) is 1. The van der Waals surface area contributed by atoms with Crippen molar-refractivity contribution < 1.29 is 9.59 Å². The van der Waals surface area contributed by atoms with Crippen molar-refractivity contribution in [3.05, 3.63) is 33.8 Å². The van der Waals surface area contributed by atoms with Gasteiger partial charge in [-0.3, -0.25) is 9.59 Å². The van der Waals surface area contributed by atoms with Crippen LogP contribution in [0.25, 0.3) is 0 Å². The molecule has 2 atom stereocenters. The van der Waals surface area contributed by atoms with E-state index in [0.29, 0.717) is 48.2 Å². The SMILES string of the molecule is CC1(CN)CCN(C(=O)C2CCCN2C(=O)c2ccc(Cl)c(Cl)c2)C1.Cl. The van der Waals surface area contributed by atoms with Gasteiger partial charge < -0.3 is 15.5 Å². The van der Waals surface area contributed by atoms with Crippen LogP contribution >= 0.6 is 35.6 Å². The monoisotopic (exact) mass is 419 g/mol. The Morgan fingerprint density at radius 3 is 2.62 bits per heavy atom. The van der Waals surface area contributed by atoms with Gasteiger partial charge in [-0.15, -0.1) is 12.4 Å². The van der Waals surface area contributed by atoms with Crippen LogP contribution in [-0.2, 0) is 4.79 Å². The standard InChI is InChI=1S/C18H23Cl2N3O2.ClH/c1-18(10-21)6-8-22(11-18)17(25)15-3-2-7-23(15)16(24)12-4-5-13(19)14(20)9-12;/h4-5,9,15H,2-3,6-8,10-11,21H2,1H3;1H. The lowest BCUT2D eigenvalue weighted by atomic mass is 9.90. The first-order valence-corrected chi connectivity index (χ1v) is 9.35. The van der Waals surface area contributed by atoms with Crippen LogP contribution < -0.4 is 5.73 Å². The van der Waals surface area contributed by atoms with Crippen molar-refractivity contribution in [1.29, 1.82) is 0 Å². The van der Waals surface area contributed by atoms with E-state index in [1.807, 2.05) is 4.90 Å². The first kappa shape index (κ1) is 21.3. The molecule has 2 N–H and O–H groups in total. The van der Waals surface area contributed by atoms with Crippen LogP contribution in [0.3, 0.4) is 0 Å². The van der Waals surface area contributed by atoms with E-state index >= 15 is 0 Å². The van der Waals surface area contributed by atoms with Gasteiger partial charge in [-0.2, -0.15) is 0 Å². The molecule has 0 radical (unpaired) electrons. The van der Waals surface area contributed by atoms with Crippen molar-refractivity contribution in [1.82, 2.24) is 9.80 Å². The molecule has 1 aromatic rings. The van der Waals surface area contributed by atoms with E-state index in [1.54, 1.807) is 23.1 Å². The molecule has 2 fully saturated rings. The van der Waals surface area contributed by atoms with E-state index in [1.165, 1.54) is 0 Å². The van der Waals surface area contributed by atoms with E-state index in [2.05, 4.69) is 6.92 Å². The molecule has 1 aromatic carbocycles. The molecule has 26 heavy (non-hydrogen) atoms. The number of amides is 2.